The van der Waals surface area contributed by atoms with Crippen molar-refractivity contribution in [2.24, 2.45) is 5.73 Å². The summed E-state index contributed by atoms with van der Waals surface area (Å²) in [7, 11) is 0. The molecule has 0 saturated carbocycles. The zero-order valence-corrected chi connectivity index (χ0v) is 7.89. The Morgan fingerprint density at radius 3 is 2.85 bits per heavy atom. The third-order valence-electron chi connectivity index (χ3n) is 1.71. The molecule has 13 heavy (non-hydrogen) atoms. The minimum absolute atomic E-state index is 0.258. The van der Waals surface area contributed by atoms with Crippen molar-refractivity contribution in [1.29, 1.82) is 0 Å². The number of alkyl halides is 1. The zero-order valence-electron chi connectivity index (χ0n) is 7.13. The predicted molar refractivity (Wildman–Crippen MR) is 54.0 cm³/mol. The monoisotopic (exact) mass is 199 g/mol. The normalized spacial score (nSPS) is 11.0. The molecule has 1 aromatic rings. The van der Waals surface area contributed by atoms with Gasteiger partial charge in [-0.15, -0.1) is 11.6 Å². The lowest BCUT2D eigenvalue weighted by molar-refractivity contribution is 0.626. The fraction of sp³-hybridized carbons (Fsp3) is 0.200. The molecule has 0 aromatic heterocycles. The number of hydrogen-bond donors (Lipinski definition) is 1. The molecule has 0 amide bonds. The molecule has 0 aliphatic rings. The molecular formula is C10H11ClFN. The molecular weight excluding hydrogens is 189 g/mol. The molecule has 0 spiro atoms. The van der Waals surface area contributed by atoms with Crippen molar-refractivity contribution in [1.82, 2.24) is 0 Å². The van der Waals surface area contributed by atoms with E-state index < -0.39 is 0 Å². The second-order valence-electron chi connectivity index (χ2n) is 2.60. The Morgan fingerprint density at radius 1 is 1.46 bits per heavy atom. The van der Waals surface area contributed by atoms with E-state index in [1.807, 2.05) is 0 Å². The van der Waals surface area contributed by atoms with E-state index in [9.17, 15) is 4.39 Å². The molecule has 70 valence electrons. The van der Waals surface area contributed by atoms with Gasteiger partial charge in [-0.25, -0.2) is 4.39 Å². The molecule has 0 radical (unpaired) electrons. The minimum atomic E-state index is -0.258. The van der Waals surface area contributed by atoms with Gasteiger partial charge in [-0.3, -0.25) is 0 Å². The van der Waals surface area contributed by atoms with E-state index >= 15 is 0 Å². The second-order valence-corrected chi connectivity index (χ2v) is 2.91. The fourth-order valence-electron chi connectivity index (χ4n) is 1.08. The molecule has 1 aromatic carbocycles. The van der Waals surface area contributed by atoms with Gasteiger partial charge in [0, 0.05) is 12.4 Å². The SMILES string of the molecule is NCc1ccc(F)cc1C=CCCl. The van der Waals surface area contributed by atoms with Crippen LogP contribution in [0.3, 0.4) is 0 Å². The van der Waals surface area contributed by atoms with Crippen LogP contribution in [0.4, 0.5) is 4.39 Å². The van der Waals surface area contributed by atoms with Crippen molar-refractivity contribution < 1.29 is 4.39 Å². The van der Waals surface area contributed by atoms with Gasteiger partial charge in [-0.05, 0) is 23.3 Å². The maximum Gasteiger partial charge on any atom is 0.123 e. The van der Waals surface area contributed by atoms with E-state index in [0.29, 0.717) is 12.4 Å². The summed E-state index contributed by atoms with van der Waals surface area (Å²) in [4.78, 5) is 0. The van der Waals surface area contributed by atoms with Gasteiger partial charge in [-0.2, -0.15) is 0 Å². The number of allylic oxidation sites excluding steroid dienone is 1. The van der Waals surface area contributed by atoms with E-state index in [-0.39, 0.29) is 5.82 Å². The van der Waals surface area contributed by atoms with Gasteiger partial charge in [0.25, 0.3) is 0 Å². The van der Waals surface area contributed by atoms with E-state index in [4.69, 9.17) is 17.3 Å². The van der Waals surface area contributed by atoms with Crippen LogP contribution in [0.5, 0.6) is 0 Å². The molecule has 0 fully saturated rings. The van der Waals surface area contributed by atoms with Crippen molar-refractivity contribution in [3.63, 3.8) is 0 Å². The Hall–Kier alpha value is -0.860. The summed E-state index contributed by atoms with van der Waals surface area (Å²) in [6, 6.07) is 4.54. The first-order valence-corrected chi connectivity index (χ1v) is 4.52. The Labute approximate surface area is 82.0 Å². The van der Waals surface area contributed by atoms with Crippen LogP contribution < -0.4 is 5.73 Å². The smallest absolute Gasteiger partial charge is 0.123 e. The van der Waals surface area contributed by atoms with Crippen molar-refractivity contribution in [3.05, 3.63) is 41.2 Å². The van der Waals surface area contributed by atoms with Crippen molar-refractivity contribution >= 4 is 17.7 Å². The molecule has 1 rings (SSSR count). The lowest BCUT2D eigenvalue weighted by Crippen LogP contribution is -1.99. The Kier molecular flexibility index (Phi) is 3.93. The number of benzene rings is 1. The van der Waals surface area contributed by atoms with E-state index in [1.165, 1.54) is 12.1 Å². The van der Waals surface area contributed by atoms with Crippen LogP contribution in [0.1, 0.15) is 11.1 Å². The number of halogens is 2. The molecule has 3 heteroatoms. The maximum atomic E-state index is 12.8. The van der Waals surface area contributed by atoms with Crippen LogP contribution >= 0.6 is 11.6 Å². The van der Waals surface area contributed by atoms with E-state index in [0.717, 1.165) is 11.1 Å². The third-order valence-corrected chi connectivity index (χ3v) is 1.89. The molecule has 0 unspecified atom stereocenters. The van der Waals surface area contributed by atoms with Crippen LogP contribution in [0.15, 0.2) is 24.3 Å². The van der Waals surface area contributed by atoms with Crippen LogP contribution in [-0.4, -0.2) is 5.88 Å². The molecule has 2 N–H and O–H groups in total. The predicted octanol–water partition coefficient (Wildman–Crippen LogP) is 2.54. The van der Waals surface area contributed by atoms with Crippen molar-refractivity contribution in [2.75, 3.05) is 5.88 Å². The Bertz CT molecular complexity index is 310. The van der Waals surface area contributed by atoms with Gasteiger partial charge in [0.1, 0.15) is 5.82 Å². The van der Waals surface area contributed by atoms with Crippen LogP contribution in [-0.2, 0) is 6.54 Å². The summed E-state index contributed by atoms with van der Waals surface area (Å²) >= 11 is 5.47. The van der Waals surface area contributed by atoms with E-state index in [2.05, 4.69) is 0 Å². The van der Waals surface area contributed by atoms with Crippen molar-refractivity contribution in [2.45, 2.75) is 6.54 Å². The van der Waals surface area contributed by atoms with Gasteiger partial charge in [-0.1, -0.05) is 18.2 Å². The first kappa shape index (κ1) is 10.2. The fourth-order valence-corrected chi connectivity index (χ4v) is 1.17. The minimum Gasteiger partial charge on any atom is -0.326 e. The topological polar surface area (TPSA) is 26.0 Å². The number of rotatable bonds is 3. The highest BCUT2D eigenvalue weighted by molar-refractivity contribution is 6.19. The van der Waals surface area contributed by atoms with Crippen LogP contribution in [0.25, 0.3) is 6.08 Å². The Balaban J connectivity index is 3.01. The second kappa shape index (κ2) is 5.00. The van der Waals surface area contributed by atoms with Gasteiger partial charge in [0.2, 0.25) is 0 Å². The molecule has 0 aliphatic carbocycles. The maximum absolute atomic E-state index is 12.8. The first-order valence-electron chi connectivity index (χ1n) is 3.99. The van der Waals surface area contributed by atoms with Crippen LogP contribution in [0, 0.1) is 5.82 Å². The first-order chi connectivity index (χ1) is 6.27. The molecule has 0 bridgehead atoms. The highest BCUT2D eigenvalue weighted by Crippen LogP contribution is 2.12. The van der Waals surface area contributed by atoms with Crippen molar-refractivity contribution in [3.8, 4) is 0 Å². The average Bonchev–Trinajstić information content (AvgIpc) is 2.15. The largest absolute Gasteiger partial charge is 0.326 e. The third kappa shape index (κ3) is 2.83. The summed E-state index contributed by atoms with van der Waals surface area (Å²) in [5.41, 5.74) is 7.20. The Morgan fingerprint density at radius 2 is 2.23 bits per heavy atom. The summed E-state index contributed by atoms with van der Waals surface area (Å²) in [5, 5.41) is 0. The molecule has 0 heterocycles. The lowest BCUT2D eigenvalue weighted by atomic mass is 10.1. The standard InChI is InChI=1S/C10H11ClFN/c11-5-1-2-8-6-10(12)4-3-9(8)7-13/h1-4,6H,5,7,13H2. The van der Waals surface area contributed by atoms with E-state index in [1.54, 1.807) is 18.2 Å². The lowest BCUT2D eigenvalue weighted by Gasteiger charge is -2.02. The van der Waals surface area contributed by atoms with Gasteiger partial charge >= 0.3 is 0 Å². The molecule has 1 nitrogen and oxygen atoms in total. The highest BCUT2D eigenvalue weighted by Gasteiger charge is 1.98. The summed E-state index contributed by atoms with van der Waals surface area (Å²) < 4.78 is 12.8. The van der Waals surface area contributed by atoms with Gasteiger partial charge < -0.3 is 5.73 Å². The number of hydrogen-bond acceptors (Lipinski definition) is 1. The number of nitrogens with two attached hydrogens (primary N) is 1. The zero-order chi connectivity index (χ0) is 9.68. The van der Waals surface area contributed by atoms with Crippen LogP contribution in [0.2, 0.25) is 0 Å². The summed E-state index contributed by atoms with van der Waals surface area (Å²) in [5.74, 6) is 0.159. The molecule has 0 saturated heterocycles. The summed E-state index contributed by atoms with van der Waals surface area (Å²) in [6.45, 7) is 0.405. The quantitative estimate of drug-likeness (QED) is 0.744. The van der Waals surface area contributed by atoms with Gasteiger partial charge in [0.15, 0.2) is 0 Å². The molecule has 0 aliphatic heterocycles. The van der Waals surface area contributed by atoms with Gasteiger partial charge in [0.05, 0.1) is 0 Å². The summed E-state index contributed by atoms with van der Waals surface area (Å²) in [6.07, 6.45) is 3.54. The average molecular weight is 200 g/mol. The highest BCUT2D eigenvalue weighted by atomic mass is 35.5. The molecule has 0 atom stereocenters.